The third-order valence-electron chi connectivity index (χ3n) is 10.3. The summed E-state index contributed by atoms with van der Waals surface area (Å²) in [6.45, 7) is 9.26. The normalized spacial score (nSPS) is 20.9. The number of nitrogens with one attached hydrogen (secondary N) is 3. The predicted octanol–water partition coefficient (Wildman–Crippen LogP) is 1.36. The van der Waals surface area contributed by atoms with Crippen LogP contribution in [-0.4, -0.2) is 148 Å². The van der Waals surface area contributed by atoms with E-state index in [9.17, 15) is 28.8 Å². The second-order valence-electron chi connectivity index (χ2n) is 14.0. The summed E-state index contributed by atoms with van der Waals surface area (Å²) in [4.78, 5) is 81.1. The van der Waals surface area contributed by atoms with Gasteiger partial charge < -0.3 is 24.8 Å². The Morgan fingerprint density at radius 1 is 0.709 bits per heavy atom. The number of ether oxygens (including phenoxy) is 3. The molecule has 4 amide bonds. The summed E-state index contributed by atoms with van der Waals surface area (Å²) in [5.74, 6) is -2.38. The molecule has 15 heteroatoms. The molecule has 6 rings (SSSR count). The number of Topliss-reactive ketones (excluding diaryl/α,β-unsaturated/α-hetero) is 2. The van der Waals surface area contributed by atoms with E-state index in [0.717, 1.165) is 49.7 Å². The Bertz CT molecular complexity index is 1720. The first-order valence-corrected chi connectivity index (χ1v) is 19.1. The lowest BCUT2D eigenvalue weighted by Gasteiger charge is -2.34. The highest BCUT2D eigenvalue weighted by Gasteiger charge is 2.45. The molecule has 3 N–H and O–H groups in total. The van der Waals surface area contributed by atoms with Crippen molar-refractivity contribution >= 4 is 40.9 Å². The van der Waals surface area contributed by atoms with Gasteiger partial charge >= 0.3 is 0 Å². The number of carbonyl (C=O) groups is 6. The van der Waals surface area contributed by atoms with Crippen LogP contribution < -0.4 is 16.0 Å². The smallest absolute Gasteiger partial charge is 0.264 e. The number of amides is 4. The SMILES string of the molecule is O=C1CCC(N2C(=O)c3cccc(NCCOCCOCCOCCN4CCN(CCNC=C5C(=O)CC(c6ccccc6)CC5=O)CC4)c3C2=O)C(=O)N1. The average molecular weight is 759 g/mol. The summed E-state index contributed by atoms with van der Waals surface area (Å²) in [7, 11) is 0. The zero-order chi connectivity index (χ0) is 38.6. The Balaban J connectivity index is 0.755. The number of hydrogen-bond donors (Lipinski definition) is 3. The van der Waals surface area contributed by atoms with Gasteiger partial charge in [-0.2, -0.15) is 0 Å². The quantitative estimate of drug-likeness (QED) is 0.0812. The van der Waals surface area contributed by atoms with Crippen molar-refractivity contribution < 1.29 is 43.0 Å². The van der Waals surface area contributed by atoms with Crippen molar-refractivity contribution in [1.29, 1.82) is 0 Å². The molecule has 294 valence electrons. The van der Waals surface area contributed by atoms with Crippen LogP contribution in [0.2, 0.25) is 0 Å². The van der Waals surface area contributed by atoms with Crippen molar-refractivity contribution in [3.05, 3.63) is 77.0 Å². The van der Waals surface area contributed by atoms with E-state index < -0.39 is 29.7 Å². The number of anilines is 1. The highest BCUT2D eigenvalue weighted by atomic mass is 16.5. The predicted molar refractivity (Wildman–Crippen MR) is 201 cm³/mol. The van der Waals surface area contributed by atoms with Crippen LogP contribution in [0.3, 0.4) is 0 Å². The minimum absolute atomic E-state index is 0.0399. The molecular weight excluding hydrogens is 708 g/mol. The third-order valence-corrected chi connectivity index (χ3v) is 10.3. The van der Waals surface area contributed by atoms with E-state index in [4.69, 9.17) is 14.2 Å². The van der Waals surface area contributed by atoms with Gasteiger partial charge in [-0.25, -0.2) is 0 Å². The van der Waals surface area contributed by atoms with Crippen molar-refractivity contribution in [2.45, 2.75) is 37.6 Å². The van der Waals surface area contributed by atoms with Crippen LogP contribution in [0.25, 0.3) is 0 Å². The summed E-state index contributed by atoms with van der Waals surface area (Å²) < 4.78 is 17.0. The molecule has 15 nitrogen and oxygen atoms in total. The van der Waals surface area contributed by atoms with Gasteiger partial charge in [0, 0.05) is 83.5 Å². The fourth-order valence-electron chi connectivity index (χ4n) is 7.31. The number of nitrogens with zero attached hydrogens (tertiary/aromatic N) is 3. The average Bonchev–Trinajstić information content (AvgIpc) is 3.44. The highest BCUT2D eigenvalue weighted by Crippen LogP contribution is 2.33. The van der Waals surface area contributed by atoms with E-state index >= 15 is 0 Å². The number of hydrogen-bond acceptors (Lipinski definition) is 13. The van der Waals surface area contributed by atoms with Crippen molar-refractivity contribution in [2.24, 2.45) is 0 Å². The summed E-state index contributed by atoms with van der Waals surface area (Å²) in [5, 5.41) is 8.55. The van der Waals surface area contributed by atoms with Crippen molar-refractivity contribution in [1.82, 2.24) is 25.3 Å². The van der Waals surface area contributed by atoms with Crippen LogP contribution >= 0.6 is 0 Å². The van der Waals surface area contributed by atoms with Gasteiger partial charge in [-0.3, -0.25) is 48.8 Å². The second kappa shape index (κ2) is 19.7. The minimum Gasteiger partial charge on any atom is -0.389 e. The third kappa shape index (κ3) is 10.5. The fraction of sp³-hybridized carbons (Fsp3) is 0.500. The number of piperazine rings is 1. The molecule has 1 saturated carbocycles. The molecule has 2 aromatic carbocycles. The lowest BCUT2D eigenvalue weighted by atomic mass is 9.80. The zero-order valence-corrected chi connectivity index (χ0v) is 31.1. The van der Waals surface area contributed by atoms with Gasteiger partial charge in [0.05, 0.1) is 56.3 Å². The first-order valence-electron chi connectivity index (χ1n) is 19.1. The molecule has 1 atom stereocenters. The van der Waals surface area contributed by atoms with Gasteiger partial charge in [-0.05, 0) is 30.0 Å². The monoisotopic (exact) mass is 758 g/mol. The molecule has 3 heterocycles. The van der Waals surface area contributed by atoms with E-state index in [1.54, 1.807) is 24.4 Å². The van der Waals surface area contributed by atoms with E-state index in [2.05, 4.69) is 25.8 Å². The molecule has 2 aromatic rings. The molecule has 1 aliphatic carbocycles. The van der Waals surface area contributed by atoms with Gasteiger partial charge in [0.25, 0.3) is 11.8 Å². The summed E-state index contributed by atoms with van der Waals surface area (Å²) >= 11 is 0. The number of carbonyl (C=O) groups excluding carboxylic acids is 6. The van der Waals surface area contributed by atoms with Crippen LogP contribution in [0.15, 0.2) is 60.3 Å². The number of fused-ring (bicyclic) bond motifs is 1. The standard InChI is InChI=1S/C40H50N6O9/c47-34-25-29(28-5-2-1-3-6-28)26-35(48)31(34)27-41-11-13-44-14-16-45(17-15-44)18-20-54-22-24-55-23-21-53-19-12-42-32-8-4-7-30-37(32)40(52)46(39(30)51)33-9-10-36(49)43-38(33)50/h1-8,27,29,33,41-42H,9-26H2,(H,43,49,50). The van der Waals surface area contributed by atoms with Crippen LogP contribution in [0, 0.1) is 0 Å². The van der Waals surface area contributed by atoms with E-state index in [1.807, 2.05) is 30.3 Å². The van der Waals surface area contributed by atoms with Gasteiger partial charge in [0.1, 0.15) is 6.04 Å². The molecule has 3 aliphatic heterocycles. The Kier molecular flexibility index (Phi) is 14.3. The van der Waals surface area contributed by atoms with E-state index in [0.29, 0.717) is 71.3 Å². The maximum Gasteiger partial charge on any atom is 0.264 e. The second-order valence-corrected chi connectivity index (χ2v) is 14.0. The summed E-state index contributed by atoms with van der Waals surface area (Å²) in [5.41, 5.74) is 2.25. The van der Waals surface area contributed by atoms with Gasteiger partial charge in [-0.15, -0.1) is 0 Å². The minimum atomic E-state index is -1.01. The number of ketones is 2. The Labute approximate surface area is 320 Å². The molecule has 55 heavy (non-hydrogen) atoms. The molecule has 3 fully saturated rings. The molecule has 0 aromatic heterocycles. The lowest BCUT2D eigenvalue weighted by molar-refractivity contribution is -0.136. The van der Waals surface area contributed by atoms with Crippen LogP contribution in [0.1, 0.15) is 57.9 Å². The van der Waals surface area contributed by atoms with Gasteiger partial charge in [0.15, 0.2) is 11.6 Å². The number of rotatable bonds is 19. The van der Waals surface area contributed by atoms with Crippen LogP contribution in [0.5, 0.6) is 0 Å². The van der Waals surface area contributed by atoms with Crippen molar-refractivity contribution in [2.75, 3.05) is 97.3 Å². The van der Waals surface area contributed by atoms with Crippen molar-refractivity contribution in [3.63, 3.8) is 0 Å². The molecule has 0 spiro atoms. The zero-order valence-electron chi connectivity index (χ0n) is 31.1. The van der Waals surface area contributed by atoms with Crippen LogP contribution in [0.4, 0.5) is 5.69 Å². The maximum absolute atomic E-state index is 13.2. The summed E-state index contributed by atoms with van der Waals surface area (Å²) in [6.07, 6.45) is 2.52. The lowest BCUT2D eigenvalue weighted by Crippen LogP contribution is -2.54. The van der Waals surface area contributed by atoms with E-state index in [1.165, 1.54) is 0 Å². The highest BCUT2D eigenvalue weighted by molar-refractivity contribution is 6.25. The molecule has 1 unspecified atom stereocenters. The molecule has 0 bridgehead atoms. The van der Waals surface area contributed by atoms with Crippen molar-refractivity contribution in [3.8, 4) is 0 Å². The molecular formula is C40H50N6O9. The fourth-order valence-corrected chi connectivity index (χ4v) is 7.31. The molecule has 4 aliphatic rings. The van der Waals surface area contributed by atoms with Gasteiger partial charge in [0.2, 0.25) is 11.8 Å². The molecule has 2 saturated heterocycles. The number of allylic oxidation sites excluding steroid dienone is 1. The molecule has 0 radical (unpaired) electrons. The largest absolute Gasteiger partial charge is 0.389 e. The van der Waals surface area contributed by atoms with E-state index in [-0.39, 0.29) is 47.0 Å². The van der Waals surface area contributed by atoms with Crippen LogP contribution in [-0.2, 0) is 33.4 Å². The topological polar surface area (TPSA) is 176 Å². The number of imide groups is 2. The Hall–Kier alpha value is -4.80. The Morgan fingerprint density at radius 3 is 2.05 bits per heavy atom. The Morgan fingerprint density at radius 2 is 1.36 bits per heavy atom. The van der Waals surface area contributed by atoms with Gasteiger partial charge in [-0.1, -0.05) is 36.4 Å². The first kappa shape index (κ1) is 39.9. The summed E-state index contributed by atoms with van der Waals surface area (Å²) in [6, 6.07) is 13.7. The maximum atomic E-state index is 13.2. The first-order chi connectivity index (χ1) is 26.8. The number of piperidine rings is 1. The number of benzene rings is 2.